The van der Waals surface area contributed by atoms with Gasteiger partial charge in [-0.25, -0.2) is 4.79 Å². The maximum absolute atomic E-state index is 14.5. The highest BCUT2D eigenvalue weighted by atomic mass is 32.2. The van der Waals surface area contributed by atoms with Crippen LogP contribution in [-0.2, 0) is 33.5 Å². The molecule has 3 fully saturated rings. The normalized spacial score (nSPS) is 21.8. The zero-order chi connectivity index (χ0) is 38.5. The molecule has 2 aliphatic carbocycles. The fourth-order valence-electron chi connectivity index (χ4n) is 7.08. The second kappa shape index (κ2) is 20.2. The van der Waals surface area contributed by atoms with Gasteiger partial charge in [-0.05, 0) is 61.0 Å². The smallest absolute Gasteiger partial charge is 0.407 e. The minimum Gasteiger partial charge on any atom is -0.449 e. The van der Waals surface area contributed by atoms with Crippen molar-refractivity contribution >= 4 is 64.8 Å². The zero-order valence-electron chi connectivity index (χ0n) is 31.3. The van der Waals surface area contributed by atoms with Crippen molar-refractivity contribution < 1.29 is 38.3 Å². The third kappa shape index (κ3) is 12.0. The fourth-order valence-corrected chi connectivity index (χ4v) is 10.4. The summed E-state index contributed by atoms with van der Waals surface area (Å²) in [7, 11) is 0. The van der Waals surface area contributed by atoms with Crippen molar-refractivity contribution in [1.82, 2.24) is 26.2 Å². The first-order chi connectivity index (χ1) is 25.3. The van der Waals surface area contributed by atoms with Gasteiger partial charge in [-0.2, -0.15) is 0 Å². The van der Waals surface area contributed by atoms with Crippen molar-refractivity contribution in [2.24, 2.45) is 11.8 Å². The second-order valence-electron chi connectivity index (χ2n) is 14.6. The standard InChI is InChI=1S/C38H55N5O8S2/c1-5-13-28(33(46)35(48)39-21-30(45)41-31(25(4)44)26-14-8-6-9-15-26)40-34(47)29-20-38(52-18-12-19-53-38)23-43(29)36(49)32(27-16-10-7-11-17-27)42-37(50)51-22-24(2)3/h6,8-9,14,24,27-29,32H,5,7,10-13,15-23H2,1-4H3,(H,39,48)(H,40,47)(H,41,45)(H,42,50)/t28?,29-,32-/m0/s1. The van der Waals surface area contributed by atoms with Gasteiger partial charge in [0.15, 0.2) is 5.78 Å². The van der Waals surface area contributed by atoms with Crippen LogP contribution in [0.25, 0.3) is 0 Å². The summed E-state index contributed by atoms with van der Waals surface area (Å²) in [5, 5.41) is 10.5. The van der Waals surface area contributed by atoms with E-state index >= 15 is 0 Å². The lowest BCUT2D eigenvalue weighted by Crippen LogP contribution is -2.58. The minimum atomic E-state index is -1.19. The van der Waals surface area contributed by atoms with Gasteiger partial charge in [0.1, 0.15) is 12.1 Å². The van der Waals surface area contributed by atoms with Gasteiger partial charge in [-0.15, -0.1) is 23.5 Å². The van der Waals surface area contributed by atoms with Gasteiger partial charge in [-0.3, -0.25) is 28.8 Å². The monoisotopic (exact) mass is 773 g/mol. The van der Waals surface area contributed by atoms with Gasteiger partial charge in [0.2, 0.25) is 23.5 Å². The number of hydrogen-bond acceptors (Lipinski definition) is 10. The van der Waals surface area contributed by atoms with Crippen LogP contribution in [0.1, 0.15) is 91.9 Å². The molecule has 3 atom stereocenters. The highest BCUT2D eigenvalue weighted by Crippen LogP contribution is 2.50. The van der Waals surface area contributed by atoms with E-state index in [0.29, 0.717) is 31.4 Å². The van der Waals surface area contributed by atoms with Gasteiger partial charge < -0.3 is 30.9 Å². The number of Topliss-reactive ketones (excluding diaryl/α,β-unsaturated/α-hetero) is 2. The van der Waals surface area contributed by atoms with Crippen LogP contribution in [0, 0.1) is 11.8 Å². The summed E-state index contributed by atoms with van der Waals surface area (Å²) in [4.78, 5) is 94.6. The third-order valence-electron chi connectivity index (χ3n) is 9.77. The molecule has 0 aromatic rings. The van der Waals surface area contributed by atoms with E-state index in [2.05, 4.69) is 21.3 Å². The minimum absolute atomic E-state index is 0.108. The Bertz CT molecular complexity index is 1480. The van der Waals surface area contributed by atoms with Crippen LogP contribution in [0.5, 0.6) is 0 Å². The number of carbonyl (C=O) groups excluding carboxylic acids is 7. The Labute approximate surface area is 321 Å². The van der Waals surface area contributed by atoms with Crippen molar-refractivity contribution in [2.45, 2.75) is 114 Å². The molecule has 4 rings (SSSR count). The van der Waals surface area contributed by atoms with Crippen molar-refractivity contribution in [3.05, 3.63) is 35.6 Å². The predicted octanol–water partition coefficient (Wildman–Crippen LogP) is 3.93. The topological polar surface area (TPSA) is 180 Å². The molecule has 13 nitrogen and oxygen atoms in total. The first-order valence-electron chi connectivity index (χ1n) is 18.8. The second-order valence-corrected chi connectivity index (χ2v) is 17.8. The van der Waals surface area contributed by atoms with E-state index in [4.69, 9.17) is 4.74 Å². The molecule has 53 heavy (non-hydrogen) atoms. The maximum atomic E-state index is 14.5. The lowest BCUT2D eigenvalue weighted by Gasteiger charge is -2.35. The Hall–Kier alpha value is -3.59. The molecule has 4 N–H and O–H groups in total. The predicted molar refractivity (Wildman–Crippen MR) is 206 cm³/mol. The Kier molecular flexibility index (Phi) is 16.1. The summed E-state index contributed by atoms with van der Waals surface area (Å²) in [6.45, 7) is 6.96. The highest BCUT2D eigenvalue weighted by molar-refractivity contribution is 8.18. The summed E-state index contributed by atoms with van der Waals surface area (Å²) in [6, 6.07) is -2.99. The van der Waals surface area contributed by atoms with E-state index in [1.807, 2.05) is 32.9 Å². The van der Waals surface area contributed by atoms with Gasteiger partial charge >= 0.3 is 6.09 Å². The van der Waals surface area contributed by atoms with E-state index < -0.39 is 58.3 Å². The molecule has 2 saturated heterocycles. The zero-order valence-corrected chi connectivity index (χ0v) is 33.0. The van der Waals surface area contributed by atoms with E-state index in [9.17, 15) is 33.6 Å². The number of ether oxygens (including phenoxy) is 1. The third-order valence-corrected chi connectivity index (χ3v) is 13.1. The van der Waals surface area contributed by atoms with E-state index in [1.54, 1.807) is 40.6 Å². The van der Waals surface area contributed by atoms with Gasteiger partial charge in [0, 0.05) is 19.9 Å². The van der Waals surface area contributed by atoms with Crippen LogP contribution in [0.2, 0.25) is 0 Å². The van der Waals surface area contributed by atoms with Crippen LogP contribution in [0.15, 0.2) is 35.6 Å². The molecule has 1 saturated carbocycles. The Balaban J connectivity index is 1.48. The molecule has 0 aromatic carbocycles. The van der Waals surface area contributed by atoms with Crippen molar-refractivity contribution in [1.29, 1.82) is 0 Å². The molecule has 5 amide bonds. The highest BCUT2D eigenvalue weighted by Gasteiger charge is 2.52. The van der Waals surface area contributed by atoms with Crippen molar-refractivity contribution in [3.63, 3.8) is 0 Å². The Morgan fingerprint density at radius 3 is 2.32 bits per heavy atom. The largest absolute Gasteiger partial charge is 0.449 e. The number of thioether (sulfide) groups is 2. The van der Waals surface area contributed by atoms with Gasteiger partial charge in [0.25, 0.3) is 5.91 Å². The quantitative estimate of drug-likeness (QED) is 0.141. The van der Waals surface area contributed by atoms with Crippen molar-refractivity contribution in [3.8, 4) is 0 Å². The average molecular weight is 774 g/mol. The number of amides is 5. The lowest BCUT2D eigenvalue weighted by molar-refractivity contribution is -0.143. The number of alkyl carbamates (subject to hydrolysis) is 1. The van der Waals surface area contributed by atoms with E-state index in [1.165, 1.54) is 6.92 Å². The number of nitrogens with zero attached hydrogens (tertiary/aromatic N) is 1. The number of allylic oxidation sites excluding steroid dienone is 6. The first-order valence-corrected chi connectivity index (χ1v) is 20.8. The molecule has 0 radical (unpaired) electrons. The summed E-state index contributed by atoms with van der Waals surface area (Å²) in [5.41, 5.74) is 0.739. The SMILES string of the molecule is CCCC(NC(=O)[C@@H]1CC2(CN1C(=O)[C@@H](NC(=O)OCC(C)C)C1CCCCC1)SCCCS2)C(=O)C(=O)NCC(=O)NC(C(C)=O)=C1C=CC=CC1. The van der Waals surface area contributed by atoms with Crippen molar-refractivity contribution in [2.75, 3.05) is 31.2 Å². The number of ketones is 2. The van der Waals surface area contributed by atoms with E-state index in [-0.39, 0.29) is 42.3 Å². The summed E-state index contributed by atoms with van der Waals surface area (Å²) in [5.74, 6) is -2.09. The average Bonchev–Trinajstić information content (AvgIpc) is 3.52. The molecule has 0 bridgehead atoms. The molecule has 1 unspecified atom stereocenters. The lowest BCUT2D eigenvalue weighted by atomic mass is 9.83. The molecule has 4 aliphatic rings. The van der Waals surface area contributed by atoms with Gasteiger partial charge in [-0.1, -0.05) is 70.8 Å². The molecule has 2 aliphatic heterocycles. The van der Waals surface area contributed by atoms with Crippen LogP contribution in [-0.4, -0.2) is 99.6 Å². The summed E-state index contributed by atoms with van der Waals surface area (Å²) >= 11 is 3.46. The number of likely N-dealkylation sites (tertiary alicyclic amines) is 1. The number of rotatable bonds is 15. The Morgan fingerprint density at radius 1 is 0.981 bits per heavy atom. The number of nitrogens with one attached hydrogen (secondary N) is 4. The van der Waals surface area contributed by atoms with Crippen LogP contribution in [0.4, 0.5) is 4.79 Å². The number of carbonyl (C=O) groups is 7. The first kappa shape index (κ1) is 42.2. The van der Waals surface area contributed by atoms with Crippen LogP contribution < -0.4 is 21.3 Å². The molecule has 15 heteroatoms. The van der Waals surface area contributed by atoms with E-state index in [0.717, 1.165) is 50.0 Å². The molecule has 0 aromatic heterocycles. The maximum Gasteiger partial charge on any atom is 0.407 e. The molecule has 292 valence electrons. The summed E-state index contributed by atoms with van der Waals surface area (Å²) < 4.78 is 4.99. The molecule has 1 spiro atoms. The molecular weight excluding hydrogens is 719 g/mol. The van der Waals surface area contributed by atoms with Gasteiger partial charge in [0.05, 0.1) is 29.0 Å². The Morgan fingerprint density at radius 2 is 1.70 bits per heavy atom. The molecular formula is C38H55N5O8S2. The summed E-state index contributed by atoms with van der Waals surface area (Å²) in [6.07, 6.45) is 13.4. The molecule has 2 heterocycles. The fraction of sp³-hybridized carbons (Fsp3) is 0.658. The number of hydrogen-bond donors (Lipinski definition) is 4. The van der Waals surface area contributed by atoms with Crippen LogP contribution in [0.3, 0.4) is 0 Å². The van der Waals surface area contributed by atoms with Crippen LogP contribution >= 0.6 is 23.5 Å².